The van der Waals surface area contributed by atoms with E-state index in [2.05, 4.69) is 10.7 Å². The summed E-state index contributed by atoms with van der Waals surface area (Å²) in [6.45, 7) is 2.39. The molecule has 0 radical (unpaired) electrons. The van der Waals surface area contributed by atoms with Crippen LogP contribution in [-0.2, 0) is 4.79 Å². The highest BCUT2D eigenvalue weighted by molar-refractivity contribution is 5.77. The van der Waals surface area contributed by atoms with Crippen LogP contribution in [0.1, 0.15) is 25.7 Å². The van der Waals surface area contributed by atoms with Gasteiger partial charge in [0.25, 0.3) is 0 Å². The molecule has 2 N–H and O–H groups in total. The Morgan fingerprint density at radius 2 is 1.85 bits per heavy atom. The van der Waals surface area contributed by atoms with Crippen LogP contribution in [0.3, 0.4) is 0 Å². The Kier molecular flexibility index (Phi) is 4.78. The molecular weight excluding hydrogens is 166 g/mol. The van der Waals surface area contributed by atoms with E-state index in [1.165, 1.54) is 25.7 Å². The molecule has 4 nitrogen and oxygen atoms in total. The van der Waals surface area contributed by atoms with E-state index in [1.54, 1.807) is 7.05 Å². The van der Waals surface area contributed by atoms with Gasteiger partial charge in [0.1, 0.15) is 0 Å². The molecule has 1 fully saturated rings. The molecule has 1 saturated heterocycles. The summed E-state index contributed by atoms with van der Waals surface area (Å²) in [5.74, 6) is 0.0596. The Hall–Kier alpha value is -0.610. The lowest BCUT2D eigenvalue weighted by molar-refractivity contribution is -0.124. The van der Waals surface area contributed by atoms with Crippen molar-refractivity contribution in [2.45, 2.75) is 25.7 Å². The van der Waals surface area contributed by atoms with Gasteiger partial charge in [-0.05, 0) is 19.9 Å². The minimum absolute atomic E-state index is 0.0596. The van der Waals surface area contributed by atoms with Crippen molar-refractivity contribution in [3.63, 3.8) is 0 Å². The summed E-state index contributed by atoms with van der Waals surface area (Å²) in [7, 11) is 1.78. The van der Waals surface area contributed by atoms with Crippen molar-refractivity contribution in [2.75, 3.05) is 26.7 Å². The third-order valence-corrected chi connectivity index (χ3v) is 2.23. The van der Waals surface area contributed by atoms with E-state index in [0.717, 1.165) is 13.1 Å². The first-order valence-electron chi connectivity index (χ1n) is 5.02. The molecule has 0 bridgehead atoms. The van der Waals surface area contributed by atoms with Crippen molar-refractivity contribution in [1.82, 2.24) is 15.8 Å². The van der Waals surface area contributed by atoms with Gasteiger partial charge < -0.3 is 5.32 Å². The van der Waals surface area contributed by atoms with Crippen LogP contribution in [0.15, 0.2) is 0 Å². The molecule has 0 spiro atoms. The smallest absolute Gasteiger partial charge is 0.248 e. The lowest BCUT2D eigenvalue weighted by Crippen LogP contribution is -2.45. The third-order valence-electron chi connectivity index (χ3n) is 2.23. The van der Waals surface area contributed by atoms with Crippen molar-refractivity contribution in [3.05, 3.63) is 0 Å². The number of hydrazine groups is 1. The molecule has 1 aliphatic heterocycles. The van der Waals surface area contributed by atoms with E-state index in [1.807, 2.05) is 5.01 Å². The molecule has 0 saturated carbocycles. The van der Waals surface area contributed by atoms with Crippen LogP contribution in [0, 0.1) is 0 Å². The van der Waals surface area contributed by atoms with Crippen LogP contribution in [-0.4, -0.2) is 37.6 Å². The molecule has 1 aliphatic rings. The van der Waals surface area contributed by atoms with Gasteiger partial charge in [-0.1, -0.05) is 12.8 Å². The fraction of sp³-hybridized carbons (Fsp3) is 0.889. The first-order chi connectivity index (χ1) is 6.33. The molecule has 0 atom stereocenters. The van der Waals surface area contributed by atoms with E-state index in [-0.39, 0.29) is 5.91 Å². The molecule has 13 heavy (non-hydrogen) atoms. The maximum Gasteiger partial charge on any atom is 0.248 e. The highest BCUT2D eigenvalue weighted by Gasteiger charge is 2.10. The third kappa shape index (κ3) is 4.24. The Bertz CT molecular complexity index is 153. The minimum atomic E-state index is 0.0596. The molecule has 1 heterocycles. The fourth-order valence-corrected chi connectivity index (χ4v) is 1.56. The number of hydrogen-bond acceptors (Lipinski definition) is 3. The molecular formula is C9H19N3O. The second-order valence-corrected chi connectivity index (χ2v) is 3.47. The van der Waals surface area contributed by atoms with E-state index >= 15 is 0 Å². The molecule has 0 aromatic heterocycles. The van der Waals surface area contributed by atoms with Gasteiger partial charge in [0.05, 0.1) is 6.54 Å². The van der Waals surface area contributed by atoms with E-state index < -0.39 is 0 Å². The van der Waals surface area contributed by atoms with Crippen LogP contribution < -0.4 is 10.7 Å². The summed E-state index contributed by atoms with van der Waals surface area (Å²) in [4.78, 5) is 11.2. The van der Waals surface area contributed by atoms with E-state index in [4.69, 9.17) is 0 Å². The topological polar surface area (TPSA) is 44.4 Å². The largest absolute Gasteiger partial charge is 0.311 e. The number of nitrogens with one attached hydrogen (secondary N) is 2. The number of hydrogen-bond donors (Lipinski definition) is 2. The maximum atomic E-state index is 11.2. The number of amides is 1. The van der Waals surface area contributed by atoms with Gasteiger partial charge in [0.15, 0.2) is 0 Å². The molecule has 1 rings (SSSR count). The Morgan fingerprint density at radius 1 is 1.23 bits per heavy atom. The standard InChI is InChI=1S/C9H19N3O/c1-10-8-9(13)11-12-6-4-2-3-5-7-12/h10H,2-8H2,1H3,(H,11,13). The van der Waals surface area contributed by atoms with Gasteiger partial charge in [-0.15, -0.1) is 0 Å². The van der Waals surface area contributed by atoms with Gasteiger partial charge in [0.2, 0.25) is 5.91 Å². The fourth-order valence-electron chi connectivity index (χ4n) is 1.56. The van der Waals surface area contributed by atoms with Crippen molar-refractivity contribution in [1.29, 1.82) is 0 Å². The monoisotopic (exact) mass is 185 g/mol. The molecule has 76 valence electrons. The van der Waals surface area contributed by atoms with Crippen molar-refractivity contribution < 1.29 is 4.79 Å². The van der Waals surface area contributed by atoms with E-state index in [9.17, 15) is 4.79 Å². The van der Waals surface area contributed by atoms with Crippen LogP contribution in [0.4, 0.5) is 0 Å². The van der Waals surface area contributed by atoms with Crippen LogP contribution in [0.5, 0.6) is 0 Å². The number of likely N-dealkylation sites (N-methyl/N-ethyl adjacent to an activating group) is 1. The van der Waals surface area contributed by atoms with Gasteiger partial charge in [-0.3, -0.25) is 10.2 Å². The average molecular weight is 185 g/mol. The Labute approximate surface area is 79.6 Å². The number of nitrogens with zero attached hydrogens (tertiary/aromatic N) is 1. The lowest BCUT2D eigenvalue weighted by Gasteiger charge is -2.20. The Balaban J connectivity index is 2.21. The summed E-state index contributed by atoms with van der Waals surface area (Å²) in [5.41, 5.74) is 2.89. The first kappa shape index (κ1) is 10.5. The van der Waals surface area contributed by atoms with Crippen molar-refractivity contribution in [3.8, 4) is 0 Å². The highest BCUT2D eigenvalue weighted by Crippen LogP contribution is 2.07. The predicted octanol–water partition coefficient (Wildman–Crippen LogP) is 0.113. The molecule has 1 amide bonds. The van der Waals surface area contributed by atoms with Crippen molar-refractivity contribution in [2.24, 2.45) is 0 Å². The summed E-state index contributed by atoms with van der Waals surface area (Å²) >= 11 is 0. The average Bonchev–Trinajstić information content (AvgIpc) is 2.33. The quantitative estimate of drug-likeness (QED) is 0.656. The molecule has 0 aromatic rings. The maximum absolute atomic E-state index is 11.2. The molecule has 0 aromatic carbocycles. The van der Waals surface area contributed by atoms with Crippen molar-refractivity contribution >= 4 is 5.91 Å². The number of rotatable bonds is 3. The normalized spacial score (nSPS) is 19.5. The van der Waals surface area contributed by atoms with Gasteiger partial charge in [-0.25, -0.2) is 5.01 Å². The van der Waals surface area contributed by atoms with Gasteiger partial charge in [-0.2, -0.15) is 0 Å². The molecule has 0 unspecified atom stereocenters. The zero-order valence-electron chi connectivity index (χ0n) is 8.31. The SMILES string of the molecule is CNCC(=O)NN1CCCCCC1. The zero-order chi connectivity index (χ0) is 9.52. The van der Waals surface area contributed by atoms with Crippen LogP contribution in [0.2, 0.25) is 0 Å². The van der Waals surface area contributed by atoms with Crippen LogP contribution in [0.25, 0.3) is 0 Å². The summed E-state index contributed by atoms with van der Waals surface area (Å²) in [6.07, 6.45) is 4.97. The molecule has 0 aliphatic carbocycles. The highest BCUT2D eigenvalue weighted by atomic mass is 16.2. The lowest BCUT2D eigenvalue weighted by atomic mass is 10.2. The van der Waals surface area contributed by atoms with Crippen LogP contribution >= 0.6 is 0 Å². The number of carbonyl (C=O) groups is 1. The molecule has 4 heteroatoms. The second-order valence-electron chi connectivity index (χ2n) is 3.47. The van der Waals surface area contributed by atoms with Gasteiger partial charge in [0, 0.05) is 13.1 Å². The minimum Gasteiger partial charge on any atom is -0.311 e. The zero-order valence-corrected chi connectivity index (χ0v) is 8.31. The van der Waals surface area contributed by atoms with E-state index in [0.29, 0.717) is 6.54 Å². The summed E-state index contributed by atoms with van der Waals surface area (Å²) in [6, 6.07) is 0. The first-order valence-corrected chi connectivity index (χ1v) is 5.02. The number of carbonyl (C=O) groups excluding carboxylic acids is 1. The predicted molar refractivity (Wildman–Crippen MR) is 52.1 cm³/mol. The second kappa shape index (κ2) is 5.94. The Morgan fingerprint density at radius 3 is 2.38 bits per heavy atom. The van der Waals surface area contributed by atoms with Gasteiger partial charge >= 0.3 is 0 Å². The summed E-state index contributed by atoms with van der Waals surface area (Å²) < 4.78 is 0. The summed E-state index contributed by atoms with van der Waals surface area (Å²) in [5, 5.41) is 4.87.